The van der Waals surface area contributed by atoms with Crippen LogP contribution in [0.4, 0.5) is 4.39 Å². The molecule has 2 N–H and O–H groups in total. The molecule has 0 fully saturated rings. The fourth-order valence-corrected chi connectivity index (χ4v) is 2.67. The largest absolute Gasteiger partial charge is 0.487 e. The first-order chi connectivity index (χ1) is 10.7. The molecule has 4 heteroatoms. The molecule has 0 saturated heterocycles. The summed E-state index contributed by atoms with van der Waals surface area (Å²) in [7, 11) is 0. The Kier molecular flexibility index (Phi) is 4.11. The maximum absolute atomic E-state index is 12.9. The molecule has 2 aromatic carbocycles. The van der Waals surface area contributed by atoms with Crippen molar-refractivity contribution in [1.82, 2.24) is 4.57 Å². The Morgan fingerprint density at radius 3 is 2.55 bits per heavy atom. The lowest BCUT2D eigenvalue weighted by molar-refractivity contribution is 0.295. The Hall–Kier alpha value is -2.33. The first-order valence-corrected chi connectivity index (χ1v) is 7.40. The quantitative estimate of drug-likeness (QED) is 0.777. The molecule has 0 spiro atoms. The summed E-state index contributed by atoms with van der Waals surface area (Å²) < 4.78 is 20.9. The number of rotatable bonds is 5. The topological polar surface area (TPSA) is 40.2 Å². The summed E-state index contributed by atoms with van der Waals surface area (Å²) in [4.78, 5) is 0. The standard InChI is InChI=1S/C18H19FN2O/c1-2-21-16(12-22-17-7-5-15(19)6-8-17)10-14-4-3-13(11-20)9-18(14)21/h3-10H,2,11-12,20H2,1H3. The van der Waals surface area contributed by atoms with Crippen molar-refractivity contribution in [2.75, 3.05) is 0 Å². The summed E-state index contributed by atoms with van der Waals surface area (Å²) in [5, 5.41) is 1.18. The summed E-state index contributed by atoms with van der Waals surface area (Å²) in [6.07, 6.45) is 0. The van der Waals surface area contributed by atoms with E-state index in [9.17, 15) is 4.39 Å². The van der Waals surface area contributed by atoms with E-state index in [0.717, 1.165) is 17.8 Å². The molecule has 3 rings (SSSR count). The molecule has 0 unspecified atom stereocenters. The number of aryl methyl sites for hydroxylation is 1. The predicted octanol–water partition coefficient (Wildman–Crippen LogP) is 3.84. The summed E-state index contributed by atoms with van der Waals surface area (Å²) in [6, 6.07) is 14.5. The number of aromatic nitrogens is 1. The highest BCUT2D eigenvalue weighted by Crippen LogP contribution is 2.23. The highest BCUT2D eigenvalue weighted by molar-refractivity contribution is 5.82. The highest BCUT2D eigenvalue weighted by atomic mass is 19.1. The van der Waals surface area contributed by atoms with E-state index in [2.05, 4.69) is 29.7 Å². The maximum atomic E-state index is 12.9. The second kappa shape index (κ2) is 6.20. The van der Waals surface area contributed by atoms with Gasteiger partial charge in [0.05, 0.1) is 5.69 Å². The fourth-order valence-electron chi connectivity index (χ4n) is 2.67. The molecule has 1 heterocycles. The highest BCUT2D eigenvalue weighted by Gasteiger charge is 2.09. The molecular weight excluding hydrogens is 279 g/mol. The van der Waals surface area contributed by atoms with Crippen LogP contribution in [0.5, 0.6) is 5.75 Å². The monoisotopic (exact) mass is 298 g/mol. The third-order valence-corrected chi connectivity index (χ3v) is 3.81. The minimum atomic E-state index is -0.260. The van der Waals surface area contributed by atoms with Gasteiger partial charge >= 0.3 is 0 Å². The van der Waals surface area contributed by atoms with Gasteiger partial charge in [-0.1, -0.05) is 12.1 Å². The van der Waals surface area contributed by atoms with Crippen molar-refractivity contribution in [2.45, 2.75) is 26.6 Å². The molecule has 0 radical (unpaired) electrons. The van der Waals surface area contributed by atoms with Gasteiger partial charge in [0, 0.05) is 24.0 Å². The van der Waals surface area contributed by atoms with Gasteiger partial charge in [-0.3, -0.25) is 0 Å². The van der Waals surface area contributed by atoms with Gasteiger partial charge in [-0.25, -0.2) is 4.39 Å². The summed E-state index contributed by atoms with van der Waals surface area (Å²) in [5.74, 6) is 0.404. The minimum absolute atomic E-state index is 0.260. The van der Waals surface area contributed by atoms with Crippen molar-refractivity contribution in [3.05, 3.63) is 65.6 Å². The number of nitrogens with zero attached hydrogens (tertiary/aromatic N) is 1. The first-order valence-electron chi connectivity index (χ1n) is 7.40. The Labute approximate surface area is 129 Å². The number of fused-ring (bicyclic) bond motifs is 1. The molecule has 3 nitrogen and oxygen atoms in total. The van der Waals surface area contributed by atoms with Gasteiger partial charge in [0.15, 0.2) is 0 Å². The second-order valence-corrected chi connectivity index (χ2v) is 5.22. The minimum Gasteiger partial charge on any atom is -0.487 e. The van der Waals surface area contributed by atoms with Crippen LogP contribution in [0.2, 0.25) is 0 Å². The van der Waals surface area contributed by atoms with Crippen LogP contribution in [0.25, 0.3) is 10.9 Å². The zero-order valence-corrected chi connectivity index (χ0v) is 12.6. The van der Waals surface area contributed by atoms with E-state index < -0.39 is 0 Å². The smallest absolute Gasteiger partial charge is 0.128 e. The summed E-state index contributed by atoms with van der Waals surface area (Å²) in [6.45, 7) is 3.95. The molecule has 3 aromatic rings. The number of ether oxygens (including phenoxy) is 1. The van der Waals surface area contributed by atoms with Crippen LogP contribution >= 0.6 is 0 Å². The van der Waals surface area contributed by atoms with E-state index >= 15 is 0 Å². The molecule has 0 aliphatic heterocycles. The Bertz CT molecular complexity index is 778. The van der Waals surface area contributed by atoms with Crippen LogP contribution in [0, 0.1) is 5.82 Å². The average Bonchev–Trinajstić information content (AvgIpc) is 2.90. The lowest BCUT2D eigenvalue weighted by atomic mass is 10.1. The van der Waals surface area contributed by atoms with Gasteiger partial charge in [0.2, 0.25) is 0 Å². The number of hydrogen-bond donors (Lipinski definition) is 1. The van der Waals surface area contributed by atoms with Gasteiger partial charge in [0.25, 0.3) is 0 Å². The van der Waals surface area contributed by atoms with Gasteiger partial charge in [-0.2, -0.15) is 0 Å². The van der Waals surface area contributed by atoms with Crippen LogP contribution in [0.3, 0.4) is 0 Å². The van der Waals surface area contributed by atoms with E-state index in [1.165, 1.54) is 23.0 Å². The van der Waals surface area contributed by atoms with Gasteiger partial charge in [-0.05, 0) is 48.9 Å². The van der Waals surface area contributed by atoms with Crippen molar-refractivity contribution in [1.29, 1.82) is 0 Å². The summed E-state index contributed by atoms with van der Waals surface area (Å²) in [5.41, 5.74) is 9.10. The van der Waals surface area contributed by atoms with Crippen molar-refractivity contribution < 1.29 is 9.13 Å². The van der Waals surface area contributed by atoms with Crippen LogP contribution in [-0.2, 0) is 19.7 Å². The van der Waals surface area contributed by atoms with Crippen molar-refractivity contribution in [3.63, 3.8) is 0 Å². The summed E-state index contributed by atoms with van der Waals surface area (Å²) >= 11 is 0. The third-order valence-electron chi connectivity index (χ3n) is 3.81. The number of halogens is 1. The Balaban J connectivity index is 1.88. The molecule has 0 aliphatic carbocycles. The average molecular weight is 298 g/mol. The van der Waals surface area contributed by atoms with Gasteiger partial charge in [-0.15, -0.1) is 0 Å². The Morgan fingerprint density at radius 2 is 1.86 bits per heavy atom. The molecule has 0 atom stereocenters. The van der Waals surface area contributed by atoms with Crippen LogP contribution < -0.4 is 10.5 Å². The van der Waals surface area contributed by atoms with E-state index in [1.807, 2.05) is 6.07 Å². The first kappa shape index (κ1) is 14.6. The Morgan fingerprint density at radius 1 is 1.09 bits per heavy atom. The van der Waals surface area contributed by atoms with E-state index in [0.29, 0.717) is 18.9 Å². The van der Waals surface area contributed by atoms with Gasteiger partial charge in [0.1, 0.15) is 18.2 Å². The molecule has 0 aliphatic rings. The second-order valence-electron chi connectivity index (χ2n) is 5.22. The molecule has 0 saturated carbocycles. The zero-order valence-electron chi connectivity index (χ0n) is 12.6. The van der Waals surface area contributed by atoms with Crippen molar-refractivity contribution in [2.24, 2.45) is 5.73 Å². The van der Waals surface area contributed by atoms with E-state index in [4.69, 9.17) is 10.5 Å². The van der Waals surface area contributed by atoms with E-state index in [1.54, 1.807) is 12.1 Å². The van der Waals surface area contributed by atoms with Crippen LogP contribution in [0.1, 0.15) is 18.2 Å². The predicted molar refractivity (Wildman–Crippen MR) is 86.2 cm³/mol. The molecule has 22 heavy (non-hydrogen) atoms. The van der Waals surface area contributed by atoms with Gasteiger partial charge < -0.3 is 15.0 Å². The SMILES string of the molecule is CCn1c(COc2ccc(F)cc2)cc2ccc(CN)cc21. The lowest BCUT2D eigenvalue weighted by Gasteiger charge is -2.10. The van der Waals surface area contributed by atoms with Crippen LogP contribution in [-0.4, -0.2) is 4.57 Å². The number of hydrogen-bond acceptors (Lipinski definition) is 2. The molecule has 1 aromatic heterocycles. The fraction of sp³-hybridized carbons (Fsp3) is 0.222. The van der Waals surface area contributed by atoms with Crippen molar-refractivity contribution in [3.8, 4) is 5.75 Å². The molecule has 0 bridgehead atoms. The normalized spacial score (nSPS) is 11.0. The third kappa shape index (κ3) is 2.83. The molecule has 114 valence electrons. The number of nitrogens with two attached hydrogens (primary N) is 1. The molecular formula is C18H19FN2O. The maximum Gasteiger partial charge on any atom is 0.128 e. The van der Waals surface area contributed by atoms with Crippen LogP contribution in [0.15, 0.2) is 48.5 Å². The zero-order chi connectivity index (χ0) is 15.5. The molecule has 0 amide bonds. The number of benzene rings is 2. The lowest BCUT2D eigenvalue weighted by Crippen LogP contribution is -2.05. The van der Waals surface area contributed by atoms with Crippen molar-refractivity contribution >= 4 is 10.9 Å². The van der Waals surface area contributed by atoms with E-state index in [-0.39, 0.29) is 5.82 Å².